The molecule has 0 aliphatic carbocycles. The Morgan fingerprint density at radius 1 is 1.53 bits per heavy atom. The molecule has 3 nitrogen and oxygen atoms in total. The van der Waals surface area contributed by atoms with Crippen molar-refractivity contribution in [3.63, 3.8) is 0 Å². The predicted molar refractivity (Wildman–Crippen MR) is 79.4 cm³/mol. The van der Waals surface area contributed by atoms with Gasteiger partial charge < -0.3 is 10.1 Å². The number of benzene rings is 1. The maximum absolute atomic E-state index is 12.2. The first-order chi connectivity index (χ1) is 9.11. The van der Waals surface area contributed by atoms with Gasteiger partial charge in [-0.3, -0.25) is 4.79 Å². The maximum Gasteiger partial charge on any atom is 0.252 e. The van der Waals surface area contributed by atoms with Crippen LogP contribution in [0.25, 0.3) is 0 Å². The van der Waals surface area contributed by atoms with Crippen molar-refractivity contribution in [1.29, 1.82) is 0 Å². The van der Waals surface area contributed by atoms with E-state index < -0.39 is 0 Å². The van der Waals surface area contributed by atoms with E-state index in [0.29, 0.717) is 24.1 Å². The topological polar surface area (TPSA) is 38.3 Å². The zero-order valence-electron chi connectivity index (χ0n) is 11.4. The molecule has 104 valence electrons. The molecule has 1 aliphatic heterocycles. The Morgan fingerprint density at radius 2 is 2.32 bits per heavy atom. The molecule has 1 fully saturated rings. The zero-order valence-corrected chi connectivity index (χ0v) is 13.0. The molecule has 19 heavy (non-hydrogen) atoms. The van der Waals surface area contributed by atoms with Gasteiger partial charge >= 0.3 is 0 Å². The van der Waals surface area contributed by atoms with Gasteiger partial charge in [0.25, 0.3) is 5.91 Å². The number of nitrogens with one attached hydrogen (secondary N) is 1. The standard InChI is InChI=1S/C15H20BrNO2/c1-3-14-11(6-7-19-14)9-17-15(18)12-8-10(2)4-5-13(12)16/h4-5,8,11,14H,3,6-7,9H2,1-2H3,(H,17,18). The summed E-state index contributed by atoms with van der Waals surface area (Å²) in [6.45, 7) is 5.62. The molecule has 0 radical (unpaired) electrons. The fourth-order valence-corrected chi connectivity index (χ4v) is 2.94. The largest absolute Gasteiger partial charge is 0.378 e. The monoisotopic (exact) mass is 325 g/mol. The zero-order chi connectivity index (χ0) is 13.8. The molecule has 1 N–H and O–H groups in total. The number of hydrogen-bond acceptors (Lipinski definition) is 2. The number of carbonyl (C=O) groups is 1. The molecular weight excluding hydrogens is 306 g/mol. The lowest BCUT2D eigenvalue weighted by atomic mass is 9.99. The lowest BCUT2D eigenvalue weighted by Gasteiger charge is -2.17. The highest BCUT2D eigenvalue weighted by Gasteiger charge is 2.27. The van der Waals surface area contributed by atoms with Gasteiger partial charge in [-0.05, 0) is 47.8 Å². The van der Waals surface area contributed by atoms with Crippen LogP contribution >= 0.6 is 15.9 Å². The molecular formula is C15H20BrNO2. The minimum Gasteiger partial charge on any atom is -0.378 e. The second-order valence-electron chi connectivity index (χ2n) is 5.06. The van der Waals surface area contributed by atoms with Gasteiger partial charge in [0.2, 0.25) is 0 Å². The van der Waals surface area contributed by atoms with Crippen molar-refractivity contribution < 1.29 is 9.53 Å². The van der Waals surface area contributed by atoms with Crippen molar-refractivity contribution in [2.24, 2.45) is 5.92 Å². The van der Waals surface area contributed by atoms with E-state index in [1.54, 1.807) is 0 Å². The molecule has 1 aliphatic rings. The fraction of sp³-hybridized carbons (Fsp3) is 0.533. The van der Waals surface area contributed by atoms with Gasteiger partial charge in [0.1, 0.15) is 0 Å². The van der Waals surface area contributed by atoms with E-state index in [1.807, 2.05) is 25.1 Å². The van der Waals surface area contributed by atoms with E-state index in [0.717, 1.165) is 29.5 Å². The Kier molecular flexibility index (Phi) is 4.99. The van der Waals surface area contributed by atoms with Gasteiger partial charge in [0.15, 0.2) is 0 Å². The number of rotatable bonds is 4. The minimum atomic E-state index is -0.0164. The van der Waals surface area contributed by atoms with E-state index in [2.05, 4.69) is 28.2 Å². The van der Waals surface area contributed by atoms with Crippen molar-refractivity contribution in [2.75, 3.05) is 13.2 Å². The van der Waals surface area contributed by atoms with E-state index in [-0.39, 0.29) is 5.91 Å². The third-order valence-corrected chi connectivity index (χ3v) is 4.33. The van der Waals surface area contributed by atoms with Gasteiger partial charge in [0.05, 0.1) is 11.7 Å². The average Bonchev–Trinajstić information content (AvgIpc) is 2.86. The van der Waals surface area contributed by atoms with Crippen LogP contribution in [0.5, 0.6) is 0 Å². The molecule has 4 heteroatoms. The van der Waals surface area contributed by atoms with Gasteiger partial charge in [-0.1, -0.05) is 18.6 Å². The summed E-state index contributed by atoms with van der Waals surface area (Å²) in [5, 5.41) is 3.02. The number of amides is 1. The van der Waals surface area contributed by atoms with Crippen molar-refractivity contribution >= 4 is 21.8 Å². The normalized spacial score (nSPS) is 22.5. The number of carbonyl (C=O) groups excluding carboxylic acids is 1. The van der Waals surface area contributed by atoms with Gasteiger partial charge in [-0.15, -0.1) is 0 Å². The van der Waals surface area contributed by atoms with Crippen LogP contribution in [0.2, 0.25) is 0 Å². The van der Waals surface area contributed by atoms with Crippen molar-refractivity contribution in [3.8, 4) is 0 Å². The van der Waals surface area contributed by atoms with E-state index in [1.165, 1.54) is 0 Å². The summed E-state index contributed by atoms with van der Waals surface area (Å²) in [6.07, 6.45) is 2.34. The Labute approximate surface area is 122 Å². The molecule has 2 atom stereocenters. The summed E-state index contributed by atoms with van der Waals surface area (Å²) in [4.78, 5) is 12.2. The van der Waals surface area contributed by atoms with Gasteiger partial charge in [-0.25, -0.2) is 0 Å². The maximum atomic E-state index is 12.2. The molecule has 1 saturated heterocycles. The average molecular weight is 326 g/mol. The summed E-state index contributed by atoms with van der Waals surface area (Å²) in [7, 11) is 0. The number of hydrogen-bond donors (Lipinski definition) is 1. The number of ether oxygens (including phenoxy) is 1. The third kappa shape index (κ3) is 3.57. The second kappa shape index (κ2) is 6.53. The molecule has 0 spiro atoms. The van der Waals surface area contributed by atoms with Crippen LogP contribution in [-0.4, -0.2) is 25.2 Å². The van der Waals surface area contributed by atoms with E-state index >= 15 is 0 Å². The van der Waals surface area contributed by atoms with Crippen LogP contribution in [0.1, 0.15) is 35.7 Å². The minimum absolute atomic E-state index is 0.0164. The lowest BCUT2D eigenvalue weighted by Crippen LogP contribution is -2.32. The van der Waals surface area contributed by atoms with Gasteiger partial charge in [0, 0.05) is 23.5 Å². The van der Waals surface area contributed by atoms with Gasteiger partial charge in [-0.2, -0.15) is 0 Å². The van der Waals surface area contributed by atoms with Crippen molar-refractivity contribution in [2.45, 2.75) is 32.8 Å². The Balaban J connectivity index is 1.96. The molecule has 2 unspecified atom stereocenters. The fourth-order valence-electron chi connectivity index (χ4n) is 2.51. The van der Waals surface area contributed by atoms with E-state index in [4.69, 9.17) is 4.74 Å². The summed E-state index contributed by atoms with van der Waals surface area (Å²) < 4.78 is 6.47. The summed E-state index contributed by atoms with van der Waals surface area (Å²) in [5.74, 6) is 0.426. The Hall–Kier alpha value is -0.870. The molecule has 0 aromatic heterocycles. The lowest BCUT2D eigenvalue weighted by molar-refractivity contribution is 0.0826. The molecule has 2 rings (SSSR count). The Bertz CT molecular complexity index is 461. The molecule has 0 bridgehead atoms. The molecule has 1 aromatic rings. The van der Waals surface area contributed by atoms with Crippen LogP contribution in [0.3, 0.4) is 0 Å². The molecule has 1 amide bonds. The van der Waals surface area contributed by atoms with Crippen molar-refractivity contribution in [3.05, 3.63) is 33.8 Å². The van der Waals surface area contributed by atoms with Crippen LogP contribution in [0, 0.1) is 12.8 Å². The first-order valence-electron chi connectivity index (χ1n) is 6.77. The van der Waals surface area contributed by atoms with Crippen molar-refractivity contribution in [1.82, 2.24) is 5.32 Å². The quantitative estimate of drug-likeness (QED) is 0.922. The highest BCUT2D eigenvalue weighted by molar-refractivity contribution is 9.10. The molecule has 0 saturated carbocycles. The SMILES string of the molecule is CCC1OCCC1CNC(=O)c1cc(C)ccc1Br. The Morgan fingerprint density at radius 3 is 3.05 bits per heavy atom. The predicted octanol–water partition coefficient (Wildman–Crippen LogP) is 3.30. The molecule has 1 heterocycles. The van der Waals surface area contributed by atoms with Crippen LogP contribution in [0.4, 0.5) is 0 Å². The van der Waals surface area contributed by atoms with E-state index in [9.17, 15) is 4.79 Å². The first kappa shape index (κ1) is 14.5. The van der Waals surface area contributed by atoms with Crippen LogP contribution < -0.4 is 5.32 Å². The second-order valence-corrected chi connectivity index (χ2v) is 5.91. The highest BCUT2D eigenvalue weighted by Crippen LogP contribution is 2.23. The first-order valence-corrected chi connectivity index (χ1v) is 7.57. The number of halogens is 1. The number of aryl methyl sites for hydroxylation is 1. The summed E-state index contributed by atoms with van der Waals surface area (Å²) in [5.41, 5.74) is 1.79. The van der Waals surface area contributed by atoms with Crippen LogP contribution in [0.15, 0.2) is 22.7 Å². The summed E-state index contributed by atoms with van der Waals surface area (Å²) >= 11 is 3.42. The molecule has 1 aromatic carbocycles. The van der Waals surface area contributed by atoms with Crippen LogP contribution in [-0.2, 0) is 4.74 Å². The smallest absolute Gasteiger partial charge is 0.252 e. The third-order valence-electron chi connectivity index (χ3n) is 3.64. The summed E-state index contributed by atoms with van der Waals surface area (Å²) in [6, 6.07) is 5.80. The highest BCUT2D eigenvalue weighted by atomic mass is 79.9.